The smallest absolute Gasteiger partial charge is 0.321 e. The first-order valence-electron chi connectivity index (χ1n) is 8.69. The van der Waals surface area contributed by atoms with Crippen molar-refractivity contribution < 1.29 is 9.53 Å². The summed E-state index contributed by atoms with van der Waals surface area (Å²) in [7, 11) is 0. The molecule has 0 radical (unpaired) electrons. The second-order valence-corrected chi connectivity index (χ2v) is 7.60. The minimum absolute atomic E-state index is 0.0631. The van der Waals surface area contributed by atoms with Gasteiger partial charge < -0.3 is 15.0 Å². The number of carbonyl (C=O) groups excluding carboxylic acids is 1. The van der Waals surface area contributed by atoms with Gasteiger partial charge in [-0.3, -0.25) is 4.68 Å². The van der Waals surface area contributed by atoms with Crippen molar-refractivity contribution in [3.05, 3.63) is 41.7 Å². The molecule has 2 amide bonds. The van der Waals surface area contributed by atoms with Crippen LogP contribution in [0.5, 0.6) is 0 Å². The highest BCUT2D eigenvalue weighted by atomic mass is 32.1. The molecule has 1 saturated heterocycles. The number of fused-ring (bicyclic) bond motifs is 1. The van der Waals surface area contributed by atoms with Crippen LogP contribution in [0.2, 0.25) is 0 Å². The third-order valence-electron chi connectivity index (χ3n) is 4.33. The Morgan fingerprint density at radius 1 is 1.46 bits per heavy atom. The van der Waals surface area contributed by atoms with Crippen LogP contribution < -0.4 is 5.32 Å². The van der Waals surface area contributed by atoms with E-state index < -0.39 is 0 Å². The van der Waals surface area contributed by atoms with Crippen LogP contribution in [-0.2, 0) is 11.3 Å². The summed E-state index contributed by atoms with van der Waals surface area (Å²) in [5, 5.41) is 8.24. The van der Waals surface area contributed by atoms with Crippen molar-refractivity contribution in [1.29, 1.82) is 0 Å². The minimum Gasteiger partial charge on any atom is -0.374 e. The van der Waals surface area contributed by atoms with Gasteiger partial charge in [-0.25, -0.2) is 9.78 Å². The van der Waals surface area contributed by atoms with E-state index in [2.05, 4.69) is 15.4 Å². The van der Waals surface area contributed by atoms with Crippen molar-refractivity contribution in [3.8, 4) is 0 Å². The third kappa shape index (κ3) is 3.86. The summed E-state index contributed by atoms with van der Waals surface area (Å²) in [6.07, 6.45) is 4.42. The lowest BCUT2D eigenvalue weighted by molar-refractivity contribution is 0.0442. The molecule has 0 saturated carbocycles. The Hall–Kier alpha value is -2.45. The summed E-state index contributed by atoms with van der Waals surface area (Å²) in [4.78, 5) is 19.0. The molecule has 1 atom stereocenters. The SMILES string of the molecule is Cc1nc2cc(NC(=O)N3CCCO[C@H](Cn4cccn4)C3)ccc2s1. The first-order valence-corrected chi connectivity index (χ1v) is 9.51. The molecule has 1 aromatic carbocycles. The minimum atomic E-state index is -0.104. The van der Waals surface area contributed by atoms with E-state index in [1.54, 1.807) is 17.5 Å². The molecular weight excluding hydrogens is 350 g/mol. The molecule has 8 heteroatoms. The van der Waals surface area contributed by atoms with Gasteiger partial charge in [-0.05, 0) is 37.6 Å². The number of benzene rings is 1. The molecule has 1 aliphatic heterocycles. The van der Waals surface area contributed by atoms with E-state index in [0.29, 0.717) is 26.2 Å². The van der Waals surface area contributed by atoms with Gasteiger partial charge >= 0.3 is 6.03 Å². The van der Waals surface area contributed by atoms with Crippen molar-refractivity contribution >= 4 is 33.3 Å². The summed E-state index contributed by atoms with van der Waals surface area (Å²) in [6.45, 7) is 4.50. The number of aromatic nitrogens is 3. The van der Waals surface area contributed by atoms with Gasteiger partial charge in [-0.15, -0.1) is 11.3 Å². The van der Waals surface area contributed by atoms with Crippen LogP contribution in [0, 0.1) is 6.92 Å². The lowest BCUT2D eigenvalue weighted by atomic mass is 10.3. The Bertz CT molecular complexity index is 892. The Morgan fingerprint density at radius 2 is 2.38 bits per heavy atom. The maximum atomic E-state index is 12.7. The van der Waals surface area contributed by atoms with E-state index in [0.717, 1.165) is 27.3 Å². The monoisotopic (exact) mass is 371 g/mol. The first kappa shape index (κ1) is 17.0. The first-order chi connectivity index (χ1) is 12.7. The summed E-state index contributed by atoms with van der Waals surface area (Å²) >= 11 is 1.65. The average Bonchev–Trinajstić information content (AvgIpc) is 3.18. The molecule has 4 rings (SSSR count). The highest BCUT2D eigenvalue weighted by molar-refractivity contribution is 7.18. The van der Waals surface area contributed by atoms with E-state index in [-0.39, 0.29) is 12.1 Å². The predicted molar refractivity (Wildman–Crippen MR) is 102 cm³/mol. The number of anilines is 1. The quantitative estimate of drug-likeness (QED) is 0.768. The zero-order valence-electron chi connectivity index (χ0n) is 14.6. The van der Waals surface area contributed by atoms with Crippen LogP contribution in [0.25, 0.3) is 10.2 Å². The van der Waals surface area contributed by atoms with Crippen LogP contribution in [0.3, 0.4) is 0 Å². The summed E-state index contributed by atoms with van der Waals surface area (Å²) in [5.74, 6) is 0. The molecule has 1 fully saturated rings. The van der Waals surface area contributed by atoms with Crippen molar-refractivity contribution in [2.45, 2.75) is 26.0 Å². The molecule has 0 unspecified atom stereocenters. The molecule has 1 aliphatic rings. The van der Waals surface area contributed by atoms with Gasteiger partial charge in [-0.2, -0.15) is 5.10 Å². The second-order valence-electron chi connectivity index (χ2n) is 6.37. The Balaban J connectivity index is 1.43. The van der Waals surface area contributed by atoms with E-state index in [1.807, 2.05) is 47.0 Å². The van der Waals surface area contributed by atoms with Gasteiger partial charge in [0.2, 0.25) is 0 Å². The number of hydrogen-bond donors (Lipinski definition) is 1. The van der Waals surface area contributed by atoms with E-state index in [1.165, 1.54) is 0 Å². The van der Waals surface area contributed by atoms with Crippen molar-refractivity contribution in [2.24, 2.45) is 0 Å². The average molecular weight is 371 g/mol. The van der Waals surface area contributed by atoms with E-state index >= 15 is 0 Å². The highest BCUT2D eigenvalue weighted by Gasteiger charge is 2.23. The molecule has 3 aromatic rings. The maximum Gasteiger partial charge on any atom is 0.321 e. The number of ether oxygens (including phenoxy) is 1. The van der Waals surface area contributed by atoms with Crippen molar-refractivity contribution in [3.63, 3.8) is 0 Å². The van der Waals surface area contributed by atoms with Crippen LogP contribution in [-0.4, -0.2) is 51.5 Å². The largest absolute Gasteiger partial charge is 0.374 e. The molecule has 2 aromatic heterocycles. The summed E-state index contributed by atoms with van der Waals surface area (Å²) in [6, 6.07) is 7.63. The van der Waals surface area contributed by atoms with Crippen LogP contribution >= 0.6 is 11.3 Å². The number of carbonyl (C=O) groups is 1. The summed E-state index contributed by atoms with van der Waals surface area (Å²) < 4.78 is 8.84. The fraction of sp³-hybridized carbons (Fsp3) is 0.389. The number of amides is 2. The van der Waals surface area contributed by atoms with Gasteiger partial charge in [0.1, 0.15) is 0 Å². The fourth-order valence-corrected chi connectivity index (χ4v) is 3.94. The van der Waals surface area contributed by atoms with Crippen LogP contribution in [0.1, 0.15) is 11.4 Å². The number of urea groups is 1. The molecule has 136 valence electrons. The van der Waals surface area contributed by atoms with Gasteiger partial charge in [0.15, 0.2) is 0 Å². The standard InChI is InChI=1S/C18H21N5O2S/c1-13-20-16-10-14(4-5-17(16)26-13)21-18(24)22-7-3-9-25-15(11-22)12-23-8-2-6-19-23/h2,4-6,8,10,15H,3,7,9,11-12H2,1H3,(H,21,24)/t15-/m0/s1. The molecular formula is C18H21N5O2S. The Morgan fingerprint density at radius 3 is 3.23 bits per heavy atom. The van der Waals surface area contributed by atoms with Crippen molar-refractivity contribution in [1.82, 2.24) is 19.7 Å². The zero-order valence-corrected chi connectivity index (χ0v) is 15.4. The summed E-state index contributed by atoms with van der Waals surface area (Å²) in [5.41, 5.74) is 1.68. The van der Waals surface area contributed by atoms with Crippen LogP contribution in [0.15, 0.2) is 36.7 Å². The number of nitrogens with one attached hydrogen (secondary N) is 1. The molecule has 1 N–H and O–H groups in total. The maximum absolute atomic E-state index is 12.7. The van der Waals surface area contributed by atoms with E-state index in [4.69, 9.17) is 4.74 Å². The van der Waals surface area contributed by atoms with Crippen molar-refractivity contribution in [2.75, 3.05) is 25.0 Å². The number of aryl methyl sites for hydroxylation is 1. The number of rotatable bonds is 3. The molecule has 0 spiro atoms. The lowest BCUT2D eigenvalue weighted by Gasteiger charge is -2.24. The van der Waals surface area contributed by atoms with E-state index in [9.17, 15) is 4.79 Å². The number of thiazole rings is 1. The number of nitrogens with zero attached hydrogens (tertiary/aromatic N) is 4. The predicted octanol–water partition coefficient (Wildman–Crippen LogP) is 3.12. The lowest BCUT2D eigenvalue weighted by Crippen LogP contribution is -2.41. The zero-order chi connectivity index (χ0) is 17.9. The van der Waals surface area contributed by atoms with Gasteiger partial charge in [-0.1, -0.05) is 0 Å². The number of hydrogen-bond acceptors (Lipinski definition) is 5. The van der Waals surface area contributed by atoms with Crippen LogP contribution in [0.4, 0.5) is 10.5 Å². The third-order valence-corrected chi connectivity index (χ3v) is 5.28. The normalized spacial score (nSPS) is 18.0. The fourth-order valence-electron chi connectivity index (χ4n) is 3.13. The Labute approximate surface area is 155 Å². The Kier molecular flexibility index (Phi) is 4.85. The topological polar surface area (TPSA) is 72.3 Å². The second kappa shape index (κ2) is 7.43. The molecule has 3 heterocycles. The molecule has 0 aliphatic carbocycles. The molecule has 0 bridgehead atoms. The van der Waals surface area contributed by atoms with Gasteiger partial charge in [0, 0.05) is 31.2 Å². The van der Waals surface area contributed by atoms with Gasteiger partial charge in [0.05, 0.1) is 34.4 Å². The molecule has 7 nitrogen and oxygen atoms in total. The van der Waals surface area contributed by atoms with Gasteiger partial charge in [0.25, 0.3) is 0 Å². The molecule has 26 heavy (non-hydrogen) atoms. The highest BCUT2D eigenvalue weighted by Crippen LogP contribution is 2.24.